The van der Waals surface area contributed by atoms with E-state index in [1.54, 1.807) is 13.8 Å². The summed E-state index contributed by atoms with van der Waals surface area (Å²) < 4.78 is 93.6. The molecule has 0 aliphatic heterocycles. The molecule has 1 unspecified atom stereocenters. The maximum absolute atomic E-state index is 14.5. The lowest BCUT2D eigenvalue weighted by atomic mass is 9.93. The Kier molecular flexibility index (Phi) is 11.9. The molecule has 0 saturated carbocycles. The first-order valence-electron chi connectivity index (χ1n) is 11.8. The molecule has 15 heteroatoms. The van der Waals surface area contributed by atoms with E-state index in [1.165, 1.54) is 28.7 Å². The van der Waals surface area contributed by atoms with Crippen LogP contribution in [0.25, 0.3) is 0 Å². The molecule has 1 atom stereocenters. The van der Waals surface area contributed by atoms with Gasteiger partial charge in [-0.1, -0.05) is 20.3 Å². The predicted molar refractivity (Wildman–Crippen MR) is 128 cm³/mol. The lowest BCUT2D eigenvalue weighted by Gasteiger charge is -2.20. The summed E-state index contributed by atoms with van der Waals surface area (Å²) >= 11 is 0. The van der Waals surface area contributed by atoms with Crippen molar-refractivity contribution in [2.45, 2.75) is 65.4 Å². The Morgan fingerprint density at radius 3 is 2.10 bits per heavy atom. The van der Waals surface area contributed by atoms with Crippen LogP contribution >= 0.6 is 0 Å². The van der Waals surface area contributed by atoms with Crippen LogP contribution in [0.3, 0.4) is 0 Å². The van der Waals surface area contributed by atoms with E-state index in [0.29, 0.717) is 6.07 Å². The van der Waals surface area contributed by atoms with Crippen molar-refractivity contribution < 1.29 is 45.1 Å². The number of nitrogens with zero attached hydrogens (tertiary/aromatic N) is 2. The van der Waals surface area contributed by atoms with Crippen molar-refractivity contribution in [3.05, 3.63) is 47.0 Å². The molecule has 218 valence electrons. The van der Waals surface area contributed by atoms with Crippen LogP contribution in [0.5, 0.6) is 0 Å². The first-order chi connectivity index (χ1) is 17.9. The second-order valence-corrected chi connectivity index (χ2v) is 8.66. The van der Waals surface area contributed by atoms with Gasteiger partial charge in [-0.05, 0) is 44.5 Å². The minimum atomic E-state index is -5.13. The van der Waals surface area contributed by atoms with Gasteiger partial charge in [0.25, 0.3) is 5.91 Å². The van der Waals surface area contributed by atoms with E-state index in [1.807, 2.05) is 5.32 Å². The first kappa shape index (κ1) is 33.4. The number of alkyl halides is 6. The number of carbonyl (C=O) groups is 3. The number of benzene rings is 1. The summed E-state index contributed by atoms with van der Waals surface area (Å²) in [5.74, 6) is -6.34. The van der Waals surface area contributed by atoms with Crippen LogP contribution in [0.2, 0.25) is 0 Å². The third-order valence-corrected chi connectivity index (χ3v) is 4.84. The molecule has 2 rings (SSSR count). The molecule has 1 heterocycles. The lowest BCUT2D eigenvalue weighted by molar-refractivity contribution is -0.141. The van der Waals surface area contributed by atoms with Gasteiger partial charge in [0.2, 0.25) is 11.8 Å². The van der Waals surface area contributed by atoms with Crippen molar-refractivity contribution in [3.8, 4) is 0 Å². The molecule has 0 spiro atoms. The van der Waals surface area contributed by atoms with Crippen LogP contribution in [-0.2, 0) is 15.8 Å². The average Bonchev–Trinajstić information content (AvgIpc) is 3.31. The lowest BCUT2D eigenvalue weighted by Crippen LogP contribution is -2.36. The number of rotatable bonds is 8. The molecular weight excluding hydrogens is 539 g/mol. The highest BCUT2D eigenvalue weighted by atomic mass is 19.4. The molecule has 1 aromatic heterocycles. The van der Waals surface area contributed by atoms with Crippen LogP contribution in [0, 0.1) is 5.82 Å². The Labute approximate surface area is 220 Å². The highest BCUT2D eigenvalue weighted by molar-refractivity contribution is 5.98. The minimum Gasteiger partial charge on any atom is -0.346 e. The number of amides is 3. The van der Waals surface area contributed by atoms with Crippen molar-refractivity contribution in [2.75, 3.05) is 18.4 Å². The molecule has 0 aliphatic carbocycles. The molecule has 2 aromatic rings. The normalized spacial score (nSPS) is 12.3. The summed E-state index contributed by atoms with van der Waals surface area (Å²) in [4.78, 5) is 36.4. The number of aromatic nitrogens is 2. The number of hydrogen-bond acceptors (Lipinski definition) is 4. The number of hydrogen-bond donors (Lipinski definition) is 3. The van der Waals surface area contributed by atoms with Crippen molar-refractivity contribution in [3.63, 3.8) is 0 Å². The molecular formula is C24H30F7N5O3. The quantitative estimate of drug-likeness (QED) is 0.381. The van der Waals surface area contributed by atoms with Gasteiger partial charge in [-0.3, -0.25) is 19.1 Å². The van der Waals surface area contributed by atoms with Gasteiger partial charge >= 0.3 is 12.4 Å². The maximum Gasteiger partial charge on any atom is 0.416 e. The van der Waals surface area contributed by atoms with Crippen LogP contribution < -0.4 is 16.0 Å². The fourth-order valence-electron chi connectivity index (χ4n) is 3.12. The molecule has 0 radical (unpaired) electrons. The van der Waals surface area contributed by atoms with Gasteiger partial charge in [0.05, 0.1) is 23.7 Å². The summed E-state index contributed by atoms with van der Waals surface area (Å²) in [7, 11) is 0. The summed E-state index contributed by atoms with van der Waals surface area (Å²) in [6.07, 6.45) is -7.33. The topological polar surface area (TPSA) is 105 Å². The number of nitrogens with one attached hydrogen (secondary N) is 3. The predicted octanol–water partition coefficient (Wildman–Crippen LogP) is 5.19. The number of carbonyl (C=O) groups excluding carboxylic acids is 3. The van der Waals surface area contributed by atoms with E-state index < -0.39 is 71.7 Å². The fourth-order valence-corrected chi connectivity index (χ4v) is 3.12. The van der Waals surface area contributed by atoms with Crippen LogP contribution in [0.1, 0.15) is 74.6 Å². The maximum atomic E-state index is 14.5. The molecule has 0 bridgehead atoms. The van der Waals surface area contributed by atoms with Crippen molar-refractivity contribution in [2.24, 2.45) is 0 Å². The molecule has 39 heavy (non-hydrogen) atoms. The van der Waals surface area contributed by atoms with Gasteiger partial charge in [-0.15, -0.1) is 0 Å². The van der Waals surface area contributed by atoms with Gasteiger partial charge in [-0.2, -0.15) is 31.4 Å². The third kappa shape index (κ3) is 10.2. The van der Waals surface area contributed by atoms with E-state index in [2.05, 4.69) is 24.3 Å². The molecule has 3 N–H and O–H groups in total. The van der Waals surface area contributed by atoms with Crippen molar-refractivity contribution in [1.82, 2.24) is 20.4 Å². The third-order valence-electron chi connectivity index (χ3n) is 4.84. The highest BCUT2D eigenvalue weighted by Gasteiger charge is 2.38. The van der Waals surface area contributed by atoms with Crippen LogP contribution in [-0.4, -0.2) is 46.8 Å². The molecule has 8 nitrogen and oxygen atoms in total. The Morgan fingerprint density at radius 1 is 1.00 bits per heavy atom. The van der Waals surface area contributed by atoms with E-state index in [9.17, 15) is 45.1 Å². The van der Waals surface area contributed by atoms with Gasteiger partial charge in [0.15, 0.2) is 0 Å². The van der Waals surface area contributed by atoms with Crippen molar-refractivity contribution in [1.29, 1.82) is 0 Å². The van der Waals surface area contributed by atoms with Gasteiger partial charge in [0, 0.05) is 12.2 Å². The second kappa shape index (κ2) is 13.9. The molecule has 3 amide bonds. The number of halogens is 7. The van der Waals surface area contributed by atoms with Crippen LogP contribution in [0.4, 0.5) is 36.4 Å². The smallest absolute Gasteiger partial charge is 0.346 e. The zero-order chi connectivity index (χ0) is 30.1. The van der Waals surface area contributed by atoms with Crippen LogP contribution in [0.15, 0.2) is 24.4 Å². The molecule has 0 fully saturated rings. The number of anilines is 1. The molecule has 1 aromatic carbocycles. The first-order valence-corrected chi connectivity index (χ1v) is 11.8. The zero-order valence-corrected chi connectivity index (χ0v) is 21.9. The zero-order valence-electron chi connectivity index (χ0n) is 21.9. The van der Waals surface area contributed by atoms with Gasteiger partial charge in [0.1, 0.15) is 18.1 Å². The Bertz CT molecular complexity index is 1140. The average molecular weight is 570 g/mol. The van der Waals surface area contributed by atoms with Crippen molar-refractivity contribution >= 4 is 23.4 Å². The summed E-state index contributed by atoms with van der Waals surface area (Å²) in [6.45, 7) is 6.13. The minimum absolute atomic E-state index is 0.116. The van der Waals surface area contributed by atoms with E-state index in [-0.39, 0.29) is 17.8 Å². The Hall–Kier alpha value is -3.65. The second-order valence-electron chi connectivity index (χ2n) is 8.66. The molecule has 0 saturated heterocycles. The summed E-state index contributed by atoms with van der Waals surface area (Å²) in [5, 5.41) is 9.53. The monoisotopic (exact) mass is 569 g/mol. The van der Waals surface area contributed by atoms with Gasteiger partial charge in [-0.25, -0.2) is 4.39 Å². The molecule has 0 aliphatic rings. The largest absolute Gasteiger partial charge is 0.416 e. The fraction of sp³-hybridized carbons (Fsp3) is 0.500. The SMILES string of the molecule is CC(C(=O)NCC(F)(F)F)c1cc(F)c(NC(=O)CNC(=O)c2ccnn2C(C)C)cc1C(F)(F)F.CCC. The van der Waals surface area contributed by atoms with E-state index in [0.717, 1.165) is 6.92 Å². The Balaban J connectivity index is 0.00000242. The summed E-state index contributed by atoms with van der Waals surface area (Å²) in [6, 6.07) is 1.75. The summed E-state index contributed by atoms with van der Waals surface area (Å²) in [5.41, 5.74) is -3.24. The van der Waals surface area contributed by atoms with E-state index in [4.69, 9.17) is 0 Å². The highest BCUT2D eigenvalue weighted by Crippen LogP contribution is 2.38. The standard InChI is InChI=1S/C21H22F7N5O3.C3H8/c1-10(2)33-16(4-5-31-33)19(36)29-8-17(34)32-15-7-13(21(26,27)28)12(6-14(15)22)11(3)18(35)30-9-20(23,24)25;1-3-2/h4-7,10-11H,8-9H2,1-3H3,(H,29,36)(H,30,35)(H,32,34);3H2,1-2H3. The van der Waals surface area contributed by atoms with E-state index >= 15 is 0 Å². The Morgan fingerprint density at radius 2 is 1.59 bits per heavy atom. The van der Waals surface area contributed by atoms with Gasteiger partial charge < -0.3 is 16.0 Å².